The molecule has 6 nitrogen and oxygen atoms in total. The van der Waals surface area contributed by atoms with Crippen LogP contribution in [0, 0.1) is 0 Å². The molecule has 1 rings (SSSR count). The average molecular weight is 170 g/mol. The van der Waals surface area contributed by atoms with Crippen LogP contribution >= 0.6 is 9.03 Å². The topological polar surface area (TPSA) is 78.7 Å². The summed E-state index contributed by atoms with van der Waals surface area (Å²) in [5.74, 6) is 1.08. The van der Waals surface area contributed by atoms with Crippen LogP contribution in [0.2, 0.25) is 0 Å². The van der Waals surface area contributed by atoms with Gasteiger partial charge in [-0.2, -0.15) is 4.98 Å². The first-order valence-electron chi connectivity index (χ1n) is 3.05. The number of nitrogens with one attached hydrogen (secondary N) is 1. The van der Waals surface area contributed by atoms with E-state index in [-0.39, 0.29) is 0 Å². The second kappa shape index (κ2) is 3.88. The molecule has 0 aromatic carbocycles. The highest BCUT2D eigenvalue weighted by Gasteiger charge is 1.97. The molecule has 0 radical (unpaired) electrons. The van der Waals surface area contributed by atoms with Gasteiger partial charge < -0.3 is 0 Å². The van der Waals surface area contributed by atoms with Crippen molar-refractivity contribution < 1.29 is 0 Å². The van der Waals surface area contributed by atoms with Gasteiger partial charge in [0.1, 0.15) is 5.82 Å². The summed E-state index contributed by atoms with van der Waals surface area (Å²) in [5, 5.41) is 13.3. The summed E-state index contributed by atoms with van der Waals surface area (Å²) in [6.45, 7) is 1.97. The molecule has 0 atom stereocenters. The Morgan fingerprint density at radius 2 is 2.45 bits per heavy atom. The van der Waals surface area contributed by atoms with Crippen LogP contribution in [0.4, 0.5) is 5.95 Å². The van der Waals surface area contributed by atoms with Crippen molar-refractivity contribution in [2.45, 2.75) is 13.3 Å². The van der Waals surface area contributed by atoms with Gasteiger partial charge in [-0.1, -0.05) is 12.0 Å². The van der Waals surface area contributed by atoms with Gasteiger partial charge in [0.05, 0.1) is 0 Å². The zero-order valence-corrected chi connectivity index (χ0v) is 6.94. The molecule has 1 aromatic rings. The Bertz CT molecular complexity index is 265. The fraction of sp³-hybridized carbons (Fsp3) is 0.500. The molecule has 0 aliphatic rings. The second-order valence-corrected chi connectivity index (χ2v) is 1.93. The number of aryl methyl sites for hydroxylation is 1. The van der Waals surface area contributed by atoms with Gasteiger partial charge in [-0.15, -0.1) is 9.95 Å². The zero-order chi connectivity index (χ0) is 8.10. The van der Waals surface area contributed by atoms with Crippen molar-refractivity contribution in [2.24, 2.45) is 15.2 Å². The van der Waals surface area contributed by atoms with E-state index in [1.807, 2.05) is 6.92 Å². The number of nitrogens with zero attached hydrogens (tertiary/aromatic N) is 5. The number of H-pyrrole nitrogens is 1. The predicted octanol–water partition coefficient (Wildman–Crippen LogP) is 1.69. The molecular weight excluding hydrogens is 163 g/mol. The van der Waals surface area contributed by atoms with E-state index < -0.39 is 0 Å². The molecule has 1 heterocycles. The molecule has 7 heteroatoms. The van der Waals surface area contributed by atoms with Crippen molar-refractivity contribution in [3.05, 3.63) is 5.82 Å². The van der Waals surface area contributed by atoms with Crippen molar-refractivity contribution in [1.29, 1.82) is 0 Å². The fourth-order valence-electron chi connectivity index (χ4n) is 0.550. The molecule has 1 aromatic heterocycles. The van der Waals surface area contributed by atoms with E-state index in [2.05, 4.69) is 39.4 Å². The molecule has 11 heavy (non-hydrogen) atoms. The van der Waals surface area contributed by atoms with Crippen molar-refractivity contribution >= 4 is 15.0 Å². The van der Waals surface area contributed by atoms with E-state index in [1.165, 1.54) is 0 Å². The smallest absolute Gasteiger partial charge is 0.261 e. The SMILES string of the molecule is CCc1nc(N=NN=P)n[nH]1. The summed E-state index contributed by atoms with van der Waals surface area (Å²) < 4.78 is 0. The van der Waals surface area contributed by atoms with Crippen LogP contribution in [0.1, 0.15) is 12.7 Å². The highest BCUT2D eigenvalue weighted by molar-refractivity contribution is 7.03. The van der Waals surface area contributed by atoms with Crippen LogP contribution in [0.25, 0.3) is 0 Å². The van der Waals surface area contributed by atoms with Gasteiger partial charge in [0.15, 0.2) is 0 Å². The molecule has 0 amide bonds. The summed E-state index contributed by atoms with van der Waals surface area (Å²) in [4.78, 5) is 7.19. The second-order valence-electron chi connectivity index (χ2n) is 1.73. The average Bonchev–Trinajstić information content (AvgIpc) is 2.48. The first kappa shape index (κ1) is 7.94. The van der Waals surface area contributed by atoms with Crippen LogP contribution in [-0.2, 0) is 6.42 Å². The van der Waals surface area contributed by atoms with E-state index >= 15 is 0 Å². The molecule has 0 spiro atoms. The minimum Gasteiger partial charge on any atom is -0.261 e. The Hall–Kier alpha value is -1.16. The Morgan fingerprint density at radius 1 is 1.64 bits per heavy atom. The summed E-state index contributed by atoms with van der Waals surface area (Å²) in [6.07, 6.45) is 0.799. The number of aromatic nitrogens is 3. The third-order valence-corrected chi connectivity index (χ3v) is 1.12. The Labute approximate surface area is 65.4 Å². The molecule has 0 unspecified atom stereocenters. The number of hydrogen-bond acceptors (Lipinski definition) is 3. The minimum absolute atomic E-state index is 0.295. The third-order valence-electron chi connectivity index (χ3n) is 1.03. The maximum absolute atomic E-state index is 3.96. The first-order valence-corrected chi connectivity index (χ1v) is 3.50. The van der Waals surface area contributed by atoms with E-state index in [0.29, 0.717) is 5.95 Å². The highest BCUT2D eigenvalue weighted by atomic mass is 31.0. The van der Waals surface area contributed by atoms with Crippen molar-refractivity contribution in [3.63, 3.8) is 0 Å². The van der Waals surface area contributed by atoms with Gasteiger partial charge in [0, 0.05) is 15.5 Å². The van der Waals surface area contributed by atoms with E-state index in [1.54, 1.807) is 0 Å². The highest BCUT2D eigenvalue weighted by Crippen LogP contribution is 2.03. The van der Waals surface area contributed by atoms with Gasteiger partial charge in [-0.25, -0.2) is 0 Å². The molecule has 0 saturated carbocycles. The van der Waals surface area contributed by atoms with Crippen LogP contribution < -0.4 is 0 Å². The molecule has 0 aliphatic heterocycles. The van der Waals surface area contributed by atoms with Gasteiger partial charge in [0.2, 0.25) is 0 Å². The lowest BCUT2D eigenvalue weighted by atomic mass is 10.5. The molecular formula is C4H7N6P. The molecule has 0 bridgehead atoms. The molecule has 1 N–H and O–H groups in total. The molecule has 0 fully saturated rings. The molecule has 0 aliphatic carbocycles. The quantitative estimate of drug-likeness (QED) is 0.425. The third kappa shape index (κ3) is 2.16. The van der Waals surface area contributed by atoms with E-state index in [0.717, 1.165) is 12.2 Å². The largest absolute Gasteiger partial charge is 0.289 e. The van der Waals surface area contributed by atoms with Crippen molar-refractivity contribution in [3.8, 4) is 0 Å². The summed E-state index contributed by atoms with van der Waals surface area (Å²) in [6, 6.07) is 0. The van der Waals surface area contributed by atoms with Crippen molar-refractivity contribution in [2.75, 3.05) is 0 Å². The van der Waals surface area contributed by atoms with Crippen LogP contribution in [0.5, 0.6) is 0 Å². The molecule has 58 valence electrons. The maximum Gasteiger partial charge on any atom is 0.289 e. The normalized spacial score (nSPS) is 10.6. The van der Waals surface area contributed by atoms with Crippen LogP contribution in [0.15, 0.2) is 15.2 Å². The van der Waals surface area contributed by atoms with E-state index in [4.69, 9.17) is 0 Å². The Morgan fingerprint density at radius 3 is 3.00 bits per heavy atom. The number of aromatic amines is 1. The number of hydrogen-bond donors (Lipinski definition) is 1. The standard InChI is InChI=1S/C4H7N6P/c1-2-3-5-4(7-6-3)8-9-10-11/h11H,2H2,1H3,(H,5,6,7). The van der Waals surface area contributed by atoms with Gasteiger partial charge in [-0.05, 0) is 5.22 Å². The lowest BCUT2D eigenvalue weighted by Gasteiger charge is -1.78. The van der Waals surface area contributed by atoms with Crippen LogP contribution in [0.3, 0.4) is 0 Å². The monoisotopic (exact) mass is 170 g/mol. The predicted molar refractivity (Wildman–Crippen MR) is 41.0 cm³/mol. The van der Waals surface area contributed by atoms with E-state index in [9.17, 15) is 0 Å². The number of rotatable bonds is 3. The van der Waals surface area contributed by atoms with Gasteiger partial charge in [-0.3, -0.25) is 5.10 Å². The Kier molecular flexibility index (Phi) is 2.80. The lowest BCUT2D eigenvalue weighted by Crippen LogP contribution is -1.80. The van der Waals surface area contributed by atoms with Crippen molar-refractivity contribution in [1.82, 2.24) is 15.2 Å². The first-order chi connectivity index (χ1) is 5.36. The zero-order valence-electron chi connectivity index (χ0n) is 5.94. The minimum atomic E-state index is 0.295. The van der Waals surface area contributed by atoms with Crippen LogP contribution in [-0.4, -0.2) is 15.2 Å². The Balaban J connectivity index is 2.72. The van der Waals surface area contributed by atoms with Gasteiger partial charge in [0.25, 0.3) is 5.95 Å². The fourth-order valence-corrected chi connectivity index (χ4v) is 0.595. The lowest BCUT2D eigenvalue weighted by molar-refractivity contribution is 0.945. The van der Waals surface area contributed by atoms with Gasteiger partial charge >= 0.3 is 0 Å². The summed E-state index contributed by atoms with van der Waals surface area (Å²) in [5.41, 5.74) is 0. The maximum atomic E-state index is 3.96. The molecule has 0 saturated heterocycles. The summed E-state index contributed by atoms with van der Waals surface area (Å²) in [7, 11) is 2.77. The summed E-state index contributed by atoms with van der Waals surface area (Å²) >= 11 is 0.